The van der Waals surface area contributed by atoms with Crippen LogP contribution in [0.25, 0.3) is 0 Å². The van der Waals surface area contributed by atoms with Gasteiger partial charge < -0.3 is 58.7 Å². The second-order valence-corrected chi connectivity index (χ2v) is 13.4. The number of methoxy groups -OCH3 is 4. The number of aliphatic hydroxyl groups is 2. The van der Waals surface area contributed by atoms with Gasteiger partial charge in [0.2, 0.25) is 0 Å². The minimum atomic E-state index is -1.16. The van der Waals surface area contributed by atoms with Crippen LogP contribution in [0.3, 0.4) is 0 Å². The van der Waals surface area contributed by atoms with Crippen molar-refractivity contribution in [3.8, 4) is 46.0 Å². The van der Waals surface area contributed by atoms with Gasteiger partial charge in [0.15, 0.2) is 51.8 Å². The van der Waals surface area contributed by atoms with Crippen molar-refractivity contribution in [1.82, 2.24) is 0 Å². The Hall–Kier alpha value is -5.21. The number of aliphatic hydroxyl groups excluding tert-OH is 2. The molecule has 4 aromatic carbocycles. The molecule has 2 saturated heterocycles. The molecule has 3 aliphatic heterocycles. The van der Waals surface area contributed by atoms with Crippen molar-refractivity contribution in [1.29, 1.82) is 0 Å². The minimum Gasteiger partial charge on any atom is -0.504 e. The zero-order valence-corrected chi connectivity index (χ0v) is 29.6. The largest absolute Gasteiger partial charge is 0.504 e. The molecule has 13 heteroatoms. The van der Waals surface area contributed by atoms with Gasteiger partial charge in [0.25, 0.3) is 0 Å². The van der Waals surface area contributed by atoms with Gasteiger partial charge in [-0.15, -0.1) is 0 Å². The number of hydrogen-bond acceptors (Lipinski definition) is 13. The summed E-state index contributed by atoms with van der Waals surface area (Å²) >= 11 is 0. The Morgan fingerprint density at radius 1 is 0.698 bits per heavy atom. The Balaban J connectivity index is 1.18. The summed E-state index contributed by atoms with van der Waals surface area (Å²) in [4.78, 5) is 13.7. The minimum absolute atomic E-state index is 0.00370. The smallest absolute Gasteiger partial charge is 0.172 e. The van der Waals surface area contributed by atoms with Crippen LogP contribution in [0.4, 0.5) is 0 Å². The maximum Gasteiger partial charge on any atom is 0.172 e. The first-order valence-electron chi connectivity index (χ1n) is 17.2. The average molecular weight is 731 g/mol. The van der Waals surface area contributed by atoms with Gasteiger partial charge in [-0.25, -0.2) is 0 Å². The zero-order valence-electron chi connectivity index (χ0n) is 29.6. The van der Waals surface area contributed by atoms with Crippen molar-refractivity contribution >= 4 is 5.78 Å². The molecule has 0 aromatic heterocycles. The number of hydrogen-bond donors (Lipinski definition) is 5. The summed E-state index contributed by atoms with van der Waals surface area (Å²) in [6, 6.07) is 16.3. The lowest BCUT2D eigenvalue weighted by Gasteiger charge is -2.22. The Labute approximate surface area is 305 Å². The Kier molecular flexibility index (Phi) is 10.0. The van der Waals surface area contributed by atoms with Crippen LogP contribution < -0.4 is 23.7 Å². The monoisotopic (exact) mass is 730 g/mol. The van der Waals surface area contributed by atoms with Crippen LogP contribution in [0.5, 0.6) is 46.0 Å². The van der Waals surface area contributed by atoms with E-state index in [0.717, 1.165) is 16.7 Å². The van der Waals surface area contributed by atoms with E-state index in [2.05, 4.69) is 0 Å². The van der Waals surface area contributed by atoms with Crippen LogP contribution in [0.2, 0.25) is 0 Å². The molecule has 4 aromatic rings. The summed E-state index contributed by atoms with van der Waals surface area (Å²) < 4.78 is 41.0. The molecule has 0 bridgehead atoms. The number of fused-ring (bicyclic) bond motifs is 2. The first-order valence-corrected chi connectivity index (χ1v) is 17.2. The molecule has 5 N–H and O–H groups in total. The van der Waals surface area contributed by atoms with E-state index in [0.29, 0.717) is 36.0 Å². The van der Waals surface area contributed by atoms with E-state index >= 15 is 0 Å². The fraction of sp³-hybridized carbons (Fsp3) is 0.375. The van der Waals surface area contributed by atoms with Crippen LogP contribution in [0.15, 0.2) is 60.7 Å². The molecule has 7 rings (SSSR count). The zero-order chi connectivity index (χ0) is 37.6. The number of carbonyl (C=O) groups is 1. The van der Waals surface area contributed by atoms with Crippen LogP contribution in [-0.4, -0.2) is 86.2 Å². The van der Waals surface area contributed by atoms with E-state index in [1.54, 1.807) is 31.4 Å². The molecule has 13 nitrogen and oxygen atoms in total. The molecule has 0 radical (unpaired) electrons. The molecular weight excluding hydrogens is 688 g/mol. The van der Waals surface area contributed by atoms with Crippen molar-refractivity contribution in [3.63, 3.8) is 0 Å². The van der Waals surface area contributed by atoms with E-state index in [4.69, 9.17) is 33.2 Å². The highest BCUT2D eigenvalue weighted by Gasteiger charge is 2.49. The normalized spacial score (nSPS) is 23.5. The van der Waals surface area contributed by atoms with Crippen LogP contribution in [-0.2, 0) is 9.47 Å². The Morgan fingerprint density at radius 3 is 1.87 bits per heavy atom. The topological polar surface area (TPSA) is 183 Å². The predicted octanol–water partition coefficient (Wildman–Crippen LogP) is 5.08. The fourth-order valence-corrected chi connectivity index (χ4v) is 7.93. The molecule has 280 valence electrons. The number of rotatable bonds is 12. The highest BCUT2D eigenvalue weighted by atomic mass is 16.5. The van der Waals surface area contributed by atoms with Crippen molar-refractivity contribution in [3.05, 3.63) is 94.0 Å². The molecular formula is C40H42O13. The molecule has 7 atom stereocenters. The first kappa shape index (κ1) is 36.2. The SMILES string of the molecule is COc1cc(C(=O)[C@H](CO)c2cc([C@H]3OC[C@@H]4[C@@H]3CO[C@@H]4c3cc(OC)c4c(c3)[C@@H](CO)[C@@H](c3ccc(O)c(OC)c3)O4)cc(OC)c2O)ccc1O. The number of Topliss-reactive ketones (excluding diaryl/α,β-unsaturated/α-hetero) is 1. The van der Waals surface area contributed by atoms with E-state index in [1.165, 1.54) is 45.6 Å². The van der Waals surface area contributed by atoms with Gasteiger partial charge in [0.05, 0.1) is 78.9 Å². The summed E-state index contributed by atoms with van der Waals surface area (Å²) in [6.45, 7) is -0.115. The van der Waals surface area contributed by atoms with Gasteiger partial charge >= 0.3 is 0 Å². The summed E-state index contributed by atoms with van der Waals surface area (Å²) in [5.41, 5.74) is 3.32. The maximum atomic E-state index is 13.7. The number of ether oxygens (including phenoxy) is 7. The standard InChI is InChI=1S/C40H42O13/c1-47-31-11-19(5-7-29(31)43)35(45)25(15-41)23-9-21(13-33(49-3)36(23)46)37-27-17-52-38(28(27)18-51-37)22-10-24-26(16-42)39(53-40(24)34(14-22)50-4)20-6-8-30(44)32(12-20)48-2/h5-14,25-28,37-39,41-44,46H,15-18H2,1-4H3/t25-,26-,27+,28-,37-,38-,39-/m1/s1. The van der Waals surface area contributed by atoms with E-state index in [9.17, 15) is 30.3 Å². The van der Waals surface area contributed by atoms with Crippen molar-refractivity contribution in [2.24, 2.45) is 11.8 Å². The quantitative estimate of drug-likeness (QED) is 0.122. The first-order chi connectivity index (χ1) is 25.6. The number of aromatic hydroxyl groups is 3. The average Bonchev–Trinajstić information content (AvgIpc) is 3.89. The van der Waals surface area contributed by atoms with Gasteiger partial charge in [-0.3, -0.25) is 4.79 Å². The Bertz CT molecular complexity index is 2010. The number of phenolic OH excluding ortho intramolecular Hbond substituents is 3. The van der Waals surface area contributed by atoms with Gasteiger partial charge in [-0.05, 0) is 71.3 Å². The number of ketones is 1. The van der Waals surface area contributed by atoms with Gasteiger partial charge in [0, 0.05) is 28.5 Å². The van der Waals surface area contributed by atoms with E-state index in [1.807, 2.05) is 12.1 Å². The lowest BCUT2D eigenvalue weighted by Crippen LogP contribution is -2.19. The van der Waals surface area contributed by atoms with Gasteiger partial charge in [0.1, 0.15) is 6.10 Å². The molecule has 0 amide bonds. The molecule has 0 spiro atoms. The third kappa shape index (κ3) is 6.23. The van der Waals surface area contributed by atoms with Crippen LogP contribution in [0, 0.1) is 11.8 Å². The van der Waals surface area contributed by atoms with Gasteiger partial charge in [-0.2, -0.15) is 0 Å². The molecule has 0 aliphatic carbocycles. The number of benzene rings is 4. The van der Waals surface area contributed by atoms with Gasteiger partial charge in [-0.1, -0.05) is 6.07 Å². The second kappa shape index (κ2) is 14.7. The third-order valence-electron chi connectivity index (χ3n) is 10.7. The van der Waals surface area contributed by atoms with Crippen molar-refractivity contribution in [2.75, 3.05) is 54.9 Å². The van der Waals surface area contributed by atoms with Crippen LogP contribution >= 0.6 is 0 Å². The molecule has 53 heavy (non-hydrogen) atoms. The Morgan fingerprint density at radius 2 is 1.26 bits per heavy atom. The van der Waals surface area contributed by atoms with Crippen molar-refractivity contribution < 1.29 is 63.5 Å². The lowest BCUT2D eigenvalue weighted by atomic mass is 9.82. The molecule has 2 fully saturated rings. The molecule has 0 saturated carbocycles. The summed E-state index contributed by atoms with van der Waals surface area (Å²) in [6.07, 6.45) is -1.43. The number of phenols is 3. The predicted molar refractivity (Wildman–Crippen MR) is 189 cm³/mol. The maximum absolute atomic E-state index is 13.7. The fourth-order valence-electron chi connectivity index (χ4n) is 7.93. The molecule has 0 unspecified atom stereocenters. The lowest BCUT2D eigenvalue weighted by molar-refractivity contribution is 0.0190. The highest BCUT2D eigenvalue weighted by Crippen LogP contribution is 2.56. The second-order valence-electron chi connectivity index (χ2n) is 13.4. The third-order valence-corrected chi connectivity index (χ3v) is 10.7. The summed E-state index contributed by atoms with van der Waals surface area (Å²) in [5.74, 6) is -1.19. The summed E-state index contributed by atoms with van der Waals surface area (Å²) in [5, 5.41) is 52.4. The van der Waals surface area contributed by atoms with Crippen molar-refractivity contribution in [2.45, 2.75) is 30.1 Å². The van der Waals surface area contributed by atoms with E-state index in [-0.39, 0.29) is 64.4 Å². The molecule has 3 aliphatic rings. The van der Waals surface area contributed by atoms with E-state index < -0.39 is 36.4 Å². The summed E-state index contributed by atoms with van der Waals surface area (Å²) in [7, 11) is 5.80. The number of carbonyl (C=O) groups excluding carboxylic acids is 1. The molecule has 3 heterocycles. The highest BCUT2D eigenvalue weighted by molar-refractivity contribution is 6.02. The van der Waals surface area contributed by atoms with Crippen LogP contribution in [0.1, 0.15) is 68.3 Å².